The number of fused-ring (bicyclic) bond motifs is 3. The van der Waals surface area contributed by atoms with E-state index in [9.17, 15) is 9.18 Å². The zero-order valence-electron chi connectivity index (χ0n) is 18.5. The second-order valence-electron chi connectivity index (χ2n) is 7.80. The van der Waals surface area contributed by atoms with E-state index >= 15 is 0 Å². The molecule has 0 unspecified atom stereocenters. The Morgan fingerprint density at radius 3 is 2.59 bits per heavy atom. The van der Waals surface area contributed by atoms with Gasteiger partial charge in [0.2, 0.25) is 0 Å². The molecule has 0 aliphatic heterocycles. The van der Waals surface area contributed by atoms with Gasteiger partial charge in [-0.25, -0.2) is 9.18 Å². The van der Waals surface area contributed by atoms with Crippen LogP contribution in [0, 0.1) is 17.1 Å². The van der Waals surface area contributed by atoms with Crippen LogP contribution in [0.5, 0.6) is 5.75 Å². The SMILES string of the molecule is COc1cc2ncc3c(c2cc1/C=C/c1ccccc1)n(-c1ccc(C#N)cc1F)c(=O)n3C. The monoisotopic (exact) mass is 450 g/mol. The lowest BCUT2D eigenvalue weighted by Crippen LogP contribution is -2.21. The average Bonchev–Trinajstić information content (AvgIpc) is 3.12. The van der Waals surface area contributed by atoms with E-state index in [2.05, 4.69) is 4.98 Å². The standard InChI is InChI=1S/C27H19FN4O2/c1-31-24-16-30-22-14-25(34-2)19(10-8-17-6-4-3-5-7-17)13-20(22)26(24)32(27(31)33)23-11-9-18(15-29)12-21(23)28/h3-14,16H,1-2H3/b10-8+. The van der Waals surface area contributed by atoms with E-state index in [1.54, 1.807) is 26.4 Å². The fourth-order valence-corrected chi connectivity index (χ4v) is 4.08. The number of nitrogens with zero attached hydrogens (tertiary/aromatic N) is 4. The number of hydrogen-bond donors (Lipinski definition) is 0. The van der Waals surface area contributed by atoms with Crippen molar-refractivity contribution in [3.63, 3.8) is 0 Å². The fraction of sp³-hybridized carbons (Fsp3) is 0.0741. The molecule has 0 fully saturated rings. The van der Waals surface area contributed by atoms with Gasteiger partial charge in [0.05, 0.1) is 47.2 Å². The Labute approximate surface area is 194 Å². The van der Waals surface area contributed by atoms with Crippen molar-refractivity contribution in [3.05, 3.63) is 99.9 Å². The van der Waals surface area contributed by atoms with Gasteiger partial charge in [-0.3, -0.25) is 14.1 Å². The number of rotatable bonds is 4. The maximum absolute atomic E-state index is 15.0. The molecule has 166 valence electrons. The fourth-order valence-electron chi connectivity index (χ4n) is 4.08. The van der Waals surface area contributed by atoms with Crippen molar-refractivity contribution in [3.8, 4) is 17.5 Å². The van der Waals surface area contributed by atoms with Crippen molar-refractivity contribution >= 4 is 34.1 Å². The number of pyridine rings is 1. The average molecular weight is 450 g/mol. The van der Waals surface area contributed by atoms with Gasteiger partial charge >= 0.3 is 5.69 Å². The molecule has 0 aliphatic rings. The molecule has 0 saturated heterocycles. The molecule has 34 heavy (non-hydrogen) atoms. The minimum atomic E-state index is -0.656. The number of ether oxygens (including phenoxy) is 1. The summed E-state index contributed by atoms with van der Waals surface area (Å²) in [5.41, 5.74) is 3.34. The van der Waals surface area contributed by atoms with Gasteiger partial charge in [0.15, 0.2) is 0 Å². The van der Waals surface area contributed by atoms with Gasteiger partial charge in [-0.05, 0) is 29.8 Å². The van der Waals surface area contributed by atoms with Crippen LogP contribution in [-0.4, -0.2) is 21.2 Å². The first-order chi connectivity index (χ1) is 16.5. The lowest BCUT2D eigenvalue weighted by molar-refractivity contribution is 0.414. The highest BCUT2D eigenvalue weighted by atomic mass is 19.1. The Kier molecular flexibility index (Phi) is 5.19. The van der Waals surface area contributed by atoms with Crippen LogP contribution in [0.1, 0.15) is 16.7 Å². The lowest BCUT2D eigenvalue weighted by Gasteiger charge is -2.10. The van der Waals surface area contributed by atoms with Crippen molar-refractivity contribution in [2.75, 3.05) is 7.11 Å². The first-order valence-corrected chi connectivity index (χ1v) is 10.5. The minimum Gasteiger partial charge on any atom is -0.496 e. The number of hydrogen-bond acceptors (Lipinski definition) is 4. The quantitative estimate of drug-likeness (QED) is 0.359. The molecule has 0 spiro atoms. The van der Waals surface area contributed by atoms with Crippen LogP contribution in [-0.2, 0) is 7.05 Å². The second kappa shape index (κ2) is 8.34. The molecule has 0 saturated carbocycles. The molecule has 0 atom stereocenters. The summed E-state index contributed by atoms with van der Waals surface area (Å²) in [6, 6.07) is 19.5. The van der Waals surface area contributed by atoms with Gasteiger partial charge in [0, 0.05) is 24.1 Å². The van der Waals surface area contributed by atoms with E-state index in [-0.39, 0.29) is 11.3 Å². The van der Waals surface area contributed by atoms with E-state index in [1.165, 1.54) is 21.3 Å². The van der Waals surface area contributed by atoms with Crippen LogP contribution in [0.3, 0.4) is 0 Å². The molecule has 0 N–H and O–H groups in total. The second-order valence-corrected chi connectivity index (χ2v) is 7.80. The molecule has 2 aromatic heterocycles. The third-order valence-corrected chi connectivity index (χ3v) is 5.81. The van der Waals surface area contributed by atoms with Crippen LogP contribution >= 0.6 is 0 Å². The van der Waals surface area contributed by atoms with Gasteiger partial charge in [-0.2, -0.15) is 5.26 Å². The van der Waals surface area contributed by atoms with Crippen molar-refractivity contribution in [1.29, 1.82) is 5.26 Å². The highest BCUT2D eigenvalue weighted by molar-refractivity contribution is 6.04. The Balaban J connectivity index is 1.82. The number of imidazole rings is 1. The summed E-state index contributed by atoms with van der Waals surface area (Å²) in [5.74, 6) is -0.0303. The maximum atomic E-state index is 15.0. The zero-order chi connectivity index (χ0) is 23.8. The van der Waals surface area contributed by atoms with Crippen molar-refractivity contribution in [2.24, 2.45) is 7.05 Å². The Hall–Kier alpha value is -4.70. The predicted molar refractivity (Wildman–Crippen MR) is 130 cm³/mol. The van der Waals surface area contributed by atoms with Gasteiger partial charge in [0.25, 0.3) is 0 Å². The minimum absolute atomic E-state index is 0.0688. The normalized spacial score (nSPS) is 11.4. The molecule has 2 heterocycles. The van der Waals surface area contributed by atoms with Crippen molar-refractivity contribution in [2.45, 2.75) is 0 Å². The van der Waals surface area contributed by atoms with Crippen LogP contribution < -0.4 is 10.4 Å². The number of nitriles is 1. The Morgan fingerprint density at radius 2 is 1.88 bits per heavy atom. The van der Waals surface area contributed by atoms with E-state index in [1.807, 2.05) is 54.6 Å². The summed E-state index contributed by atoms with van der Waals surface area (Å²) in [6.07, 6.45) is 5.49. The first-order valence-electron chi connectivity index (χ1n) is 10.5. The van der Waals surface area contributed by atoms with Crippen LogP contribution in [0.15, 0.2) is 71.7 Å². The lowest BCUT2D eigenvalue weighted by atomic mass is 10.1. The molecule has 0 amide bonds. The third kappa shape index (κ3) is 3.42. The topological polar surface area (TPSA) is 72.8 Å². The molecule has 0 aliphatic carbocycles. The number of benzene rings is 3. The van der Waals surface area contributed by atoms with Gasteiger partial charge in [-0.1, -0.05) is 42.5 Å². The molecular weight excluding hydrogens is 431 g/mol. The molecule has 0 bridgehead atoms. The predicted octanol–water partition coefficient (Wildman–Crippen LogP) is 5.07. The molecule has 3 aromatic carbocycles. The van der Waals surface area contributed by atoms with Gasteiger partial charge in [0.1, 0.15) is 11.6 Å². The smallest absolute Gasteiger partial charge is 0.333 e. The molecule has 6 nitrogen and oxygen atoms in total. The van der Waals surface area contributed by atoms with E-state index in [4.69, 9.17) is 10.00 Å². The number of aromatic nitrogens is 3. The molecular formula is C27H19FN4O2. The summed E-state index contributed by atoms with van der Waals surface area (Å²) in [7, 11) is 3.21. The summed E-state index contributed by atoms with van der Waals surface area (Å²) >= 11 is 0. The van der Waals surface area contributed by atoms with Crippen molar-refractivity contribution in [1.82, 2.24) is 14.1 Å². The van der Waals surface area contributed by atoms with E-state index in [0.29, 0.717) is 27.7 Å². The maximum Gasteiger partial charge on any atom is 0.333 e. The highest BCUT2D eigenvalue weighted by Gasteiger charge is 2.19. The molecule has 0 radical (unpaired) electrons. The Morgan fingerprint density at radius 1 is 1.09 bits per heavy atom. The largest absolute Gasteiger partial charge is 0.496 e. The zero-order valence-corrected chi connectivity index (χ0v) is 18.5. The summed E-state index contributed by atoms with van der Waals surface area (Å²) in [6.45, 7) is 0. The highest BCUT2D eigenvalue weighted by Crippen LogP contribution is 2.32. The molecule has 5 rings (SSSR count). The van der Waals surface area contributed by atoms with Crippen LogP contribution in [0.2, 0.25) is 0 Å². The number of halogens is 1. The first kappa shape index (κ1) is 21.2. The van der Waals surface area contributed by atoms with Crippen LogP contribution in [0.4, 0.5) is 4.39 Å². The summed E-state index contributed by atoms with van der Waals surface area (Å²) in [5, 5.41) is 9.77. The summed E-state index contributed by atoms with van der Waals surface area (Å²) in [4.78, 5) is 17.7. The van der Waals surface area contributed by atoms with Gasteiger partial charge in [-0.15, -0.1) is 0 Å². The third-order valence-electron chi connectivity index (χ3n) is 5.81. The summed E-state index contributed by atoms with van der Waals surface area (Å²) < 4.78 is 23.3. The number of methoxy groups -OCH3 is 1. The van der Waals surface area contributed by atoms with E-state index in [0.717, 1.165) is 17.2 Å². The number of aryl methyl sites for hydroxylation is 1. The van der Waals surface area contributed by atoms with E-state index < -0.39 is 11.5 Å². The van der Waals surface area contributed by atoms with Crippen molar-refractivity contribution < 1.29 is 9.13 Å². The molecule has 5 aromatic rings. The van der Waals surface area contributed by atoms with Gasteiger partial charge < -0.3 is 4.74 Å². The van der Waals surface area contributed by atoms with Crippen LogP contribution in [0.25, 0.3) is 39.8 Å². The Bertz CT molecular complexity index is 1690. The molecule has 7 heteroatoms.